The van der Waals surface area contributed by atoms with E-state index in [9.17, 15) is 4.79 Å². The van der Waals surface area contributed by atoms with Gasteiger partial charge < -0.3 is 5.32 Å². The van der Waals surface area contributed by atoms with Gasteiger partial charge in [-0.25, -0.2) is 0 Å². The van der Waals surface area contributed by atoms with Gasteiger partial charge in [0.15, 0.2) is 0 Å². The van der Waals surface area contributed by atoms with Crippen molar-refractivity contribution >= 4 is 5.91 Å². The highest BCUT2D eigenvalue weighted by Gasteiger charge is 2.43. The summed E-state index contributed by atoms with van der Waals surface area (Å²) >= 11 is 0. The highest BCUT2D eigenvalue weighted by atomic mass is 16.2. The lowest BCUT2D eigenvalue weighted by molar-refractivity contribution is -0.127. The standard InChI is InChI=1S/C18H25NO/c1-14-9-10-16(13-14)19-17(20)18(11-5-6-12-18)15-7-3-2-4-8-15/h2-4,7-8,14,16H,5-6,9-13H2,1H3,(H,19,20). The molecule has 2 heteroatoms. The first-order valence-electron chi connectivity index (χ1n) is 8.07. The Labute approximate surface area is 122 Å². The number of hydrogen-bond acceptors (Lipinski definition) is 1. The van der Waals surface area contributed by atoms with Crippen molar-refractivity contribution in [2.45, 2.75) is 63.3 Å². The van der Waals surface area contributed by atoms with Crippen LogP contribution in [-0.2, 0) is 10.2 Å². The lowest BCUT2D eigenvalue weighted by Gasteiger charge is -2.30. The first-order valence-corrected chi connectivity index (χ1v) is 8.07. The highest BCUT2D eigenvalue weighted by Crippen LogP contribution is 2.41. The molecule has 1 aromatic rings. The molecule has 2 atom stereocenters. The number of rotatable bonds is 3. The van der Waals surface area contributed by atoms with E-state index in [2.05, 4.69) is 36.5 Å². The molecule has 0 heterocycles. The summed E-state index contributed by atoms with van der Waals surface area (Å²) in [6.07, 6.45) is 7.90. The summed E-state index contributed by atoms with van der Waals surface area (Å²) in [6.45, 7) is 2.29. The van der Waals surface area contributed by atoms with Crippen molar-refractivity contribution < 1.29 is 4.79 Å². The fraction of sp³-hybridized carbons (Fsp3) is 0.611. The minimum absolute atomic E-state index is 0.257. The van der Waals surface area contributed by atoms with Crippen LogP contribution in [0.2, 0.25) is 0 Å². The lowest BCUT2D eigenvalue weighted by Crippen LogP contribution is -2.46. The van der Waals surface area contributed by atoms with Crippen molar-refractivity contribution in [2.75, 3.05) is 0 Å². The average Bonchev–Trinajstić information content (AvgIpc) is 3.10. The number of benzene rings is 1. The van der Waals surface area contributed by atoms with E-state index in [4.69, 9.17) is 0 Å². The maximum Gasteiger partial charge on any atom is 0.230 e. The van der Waals surface area contributed by atoms with E-state index in [0.717, 1.165) is 31.6 Å². The van der Waals surface area contributed by atoms with Crippen molar-refractivity contribution in [1.29, 1.82) is 0 Å². The molecule has 0 aliphatic heterocycles. The predicted octanol–water partition coefficient (Wildman–Crippen LogP) is 3.80. The van der Waals surface area contributed by atoms with Crippen molar-refractivity contribution in [3.05, 3.63) is 35.9 Å². The van der Waals surface area contributed by atoms with Crippen molar-refractivity contribution in [3.63, 3.8) is 0 Å². The van der Waals surface area contributed by atoms with Crippen LogP contribution in [0.25, 0.3) is 0 Å². The van der Waals surface area contributed by atoms with Crippen LogP contribution in [-0.4, -0.2) is 11.9 Å². The zero-order valence-corrected chi connectivity index (χ0v) is 12.4. The summed E-state index contributed by atoms with van der Waals surface area (Å²) in [7, 11) is 0. The summed E-state index contributed by atoms with van der Waals surface area (Å²) in [5.74, 6) is 1.04. The van der Waals surface area contributed by atoms with Crippen molar-refractivity contribution in [3.8, 4) is 0 Å². The zero-order valence-electron chi connectivity index (χ0n) is 12.4. The highest BCUT2D eigenvalue weighted by molar-refractivity contribution is 5.88. The Kier molecular flexibility index (Phi) is 3.82. The van der Waals surface area contributed by atoms with E-state index in [-0.39, 0.29) is 11.3 Å². The zero-order chi connectivity index (χ0) is 14.0. The predicted molar refractivity (Wildman–Crippen MR) is 81.5 cm³/mol. The Hall–Kier alpha value is -1.31. The summed E-state index contributed by atoms with van der Waals surface area (Å²) < 4.78 is 0. The third kappa shape index (κ3) is 2.48. The first-order chi connectivity index (χ1) is 9.71. The van der Waals surface area contributed by atoms with Gasteiger partial charge in [-0.2, -0.15) is 0 Å². The van der Waals surface area contributed by atoms with Gasteiger partial charge >= 0.3 is 0 Å². The molecule has 0 aromatic heterocycles. The van der Waals surface area contributed by atoms with Crippen molar-refractivity contribution in [2.24, 2.45) is 5.92 Å². The Morgan fingerprint density at radius 1 is 1.15 bits per heavy atom. The summed E-state index contributed by atoms with van der Waals surface area (Å²) in [6, 6.07) is 10.8. The van der Waals surface area contributed by atoms with Crippen LogP contribution < -0.4 is 5.32 Å². The average molecular weight is 271 g/mol. The molecule has 2 aliphatic carbocycles. The molecule has 2 aliphatic rings. The molecule has 1 amide bonds. The second-order valence-electron chi connectivity index (χ2n) is 6.74. The van der Waals surface area contributed by atoms with Crippen LogP contribution in [0.15, 0.2) is 30.3 Å². The molecule has 1 aromatic carbocycles. The lowest BCUT2D eigenvalue weighted by atomic mass is 9.78. The Balaban J connectivity index is 1.78. The molecule has 0 saturated heterocycles. The van der Waals surface area contributed by atoms with Crippen LogP contribution in [0.4, 0.5) is 0 Å². The number of carbonyl (C=O) groups excluding carboxylic acids is 1. The molecular formula is C18H25NO. The Morgan fingerprint density at radius 3 is 2.45 bits per heavy atom. The van der Waals surface area contributed by atoms with Gasteiger partial charge in [0.25, 0.3) is 0 Å². The normalized spacial score (nSPS) is 28.4. The van der Waals surface area contributed by atoms with E-state index in [1.807, 2.05) is 6.07 Å². The molecule has 0 bridgehead atoms. The topological polar surface area (TPSA) is 29.1 Å². The van der Waals surface area contributed by atoms with E-state index in [1.165, 1.54) is 24.8 Å². The minimum Gasteiger partial charge on any atom is -0.353 e. The largest absolute Gasteiger partial charge is 0.353 e. The van der Waals surface area contributed by atoms with Crippen molar-refractivity contribution in [1.82, 2.24) is 5.32 Å². The van der Waals surface area contributed by atoms with Crippen LogP contribution in [0.1, 0.15) is 57.4 Å². The molecule has 2 nitrogen and oxygen atoms in total. The first kappa shape index (κ1) is 13.7. The second kappa shape index (κ2) is 5.59. The van der Waals surface area contributed by atoms with E-state index in [1.54, 1.807) is 0 Å². The molecular weight excluding hydrogens is 246 g/mol. The van der Waals surface area contributed by atoms with Crippen LogP contribution >= 0.6 is 0 Å². The number of nitrogens with one attached hydrogen (secondary N) is 1. The van der Waals surface area contributed by atoms with Gasteiger partial charge in [-0.1, -0.05) is 50.1 Å². The van der Waals surface area contributed by atoms with Gasteiger partial charge in [0.1, 0.15) is 0 Å². The maximum atomic E-state index is 12.9. The Morgan fingerprint density at radius 2 is 1.85 bits per heavy atom. The smallest absolute Gasteiger partial charge is 0.230 e. The summed E-state index contributed by atoms with van der Waals surface area (Å²) in [5, 5.41) is 3.35. The monoisotopic (exact) mass is 271 g/mol. The molecule has 0 radical (unpaired) electrons. The number of carbonyl (C=O) groups is 1. The third-order valence-electron chi connectivity index (χ3n) is 5.25. The van der Waals surface area contributed by atoms with Gasteiger partial charge in [-0.05, 0) is 43.6 Å². The van der Waals surface area contributed by atoms with Gasteiger partial charge in [-0.15, -0.1) is 0 Å². The SMILES string of the molecule is CC1CCC(NC(=O)C2(c3ccccc3)CCCC2)C1. The fourth-order valence-corrected chi connectivity index (χ4v) is 4.04. The molecule has 108 valence electrons. The molecule has 3 rings (SSSR count). The Bertz CT molecular complexity index is 462. The fourth-order valence-electron chi connectivity index (χ4n) is 4.04. The number of hydrogen-bond donors (Lipinski definition) is 1. The maximum absolute atomic E-state index is 12.9. The third-order valence-corrected chi connectivity index (χ3v) is 5.25. The van der Waals surface area contributed by atoms with Gasteiger partial charge in [0.2, 0.25) is 5.91 Å². The van der Waals surface area contributed by atoms with E-state index in [0.29, 0.717) is 6.04 Å². The van der Waals surface area contributed by atoms with E-state index < -0.39 is 0 Å². The molecule has 20 heavy (non-hydrogen) atoms. The molecule has 2 saturated carbocycles. The van der Waals surface area contributed by atoms with Gasteiger partial charge in [0, 0.05) is 6.04 Å². The molecule has 2 fully saturated rings. The van der Waals surface area contributed by atoms with Gasteiger partial charge in [-0.3, -0.25) is 4.79 Å². The number of amides is 1. The second-order valence-corrected chi connectivity index (χ2v) is 6.74. The van der Waals surface area contributed by atoms with Crippen LogP contribution in [0.3, 0.4) is 0 Å². The van der Waals surface area contributed by atoms with Crippen LogP contribution in [0, 0.1) is 5.92 Å². The quantitative estimate of drug-likeness (QED) is 0.890. The molecule has 1 N–H and O–H groups in total. The van der Waals surface area contributed by atoms with Crippen LogP contribution in [0.5, 0.6) is 0 Å². The summed E-state index contributed by atoms with van der Waals surface area (Å²) in [4.78, 5) is 12.9. The summed E-state index contributed by atoms with van der Waals surface area (Å²) in [5.41, 5.74) is 0.952. The van der Waals surface area contributed by atoms with E-state index >= 15 is 0 Å². The molecule has 0 spiro atoms. The molecule has 2 unspecified atom stereocenters. The van der Waals surface area contributed by atoms with Gasteiger partial charge in [0.05, 0.1) is 5.41 Å². The minimum atomic E-state index is -0.257.